The molecule has 0 radical (unpaired) electrons. The fourth-order valence-corrected chi connectivity index (χ4v) is 3.11. The Balaban J connectivity index is 2.06. The highest BCUT2D eigenvalue weighted by molar-refractivity contribution is 6.06. The van der Waals surface area contributed by atoms with E-state index in [2.05, 4.69) is 0 Å². The maximum Gasteiger partial charge on any atom is 0.306 e. The molecule has 0 aromatic heterocycles. The summed E-state index contributed by atoms with van der Waals surface area (Å²) in [5.74, 6) is -1.33. The number of likely N-dealkylation sites (tertiary alicyclic amines) is 1. The van der Waals surface area contributed by atoms with Crippen LogP contribution in [0.25, 0.3) is 0 Å². The van der Waals surface area contributed by atoms with Crippen molar-refractivity contribution in [3.8, 4) is 0 Å². The number of carboxylic acids is 1. The largest absolute Gasteiger partial charge is 0.481 e. The highest BCUT2D eigenvalue weighted by Gasteiger charge is 2.52. The van der Waals surface area contributed by atoms with Gasteiger partial charge in [-0.3, -0.25) is 19.3 Å². The van der Waals surface area contributed by atoms with Gasteiger partial charge < -0.3 is 9.84 Å². The van der Waals surface area contributed by atoms with Gasteiger partial charge in [-0.2, -0.15) is 0 Å². The van der Waals surface area contributed by atoms with Crippen LogP contribution in [-0.4, -0.2) is 47.5 Å². The van der Waals surface area contributed by atoms with Crippen molar-refractivity contribution in [2.24, 2.45) is 5.41 Å². The molecular formula is C13H19NO5. The summed E-state index contributed by atoms with van der Waals surface area (Å²) in [6.07, 6.45) is 2.93. The maximum absolute atomic E-state index is 12.4. The van der Waals surface area contributed by atoms with Gasteiger partial charge in [0.1, 0.15) is 0 Å². The average molecular weight is 269 g/mol. The summed E-state index contributed by atoms with van der Waals surface area (Å²) in [5, 5.41) is 8.76. The number of methoxy groups -OCH3 is 1. The quantitative estimate of drug-likeness (QED) is 0.746. The van der Waals surface area contributed by atoms with Crippen LogP contribution in [0.4, 0.5) is 0 Å². The molecule has 1 saturated heterocycles. The lowest BCUT2D eigenvalue weighted by Gasteiger charge is -2.23. The highest BCUT2D eigenvalue weighted by atomic mass is 16.5. The first-order valence-corrected chi connectivity index (χ1v) is 6.58. The molecule has 1 aliphatic carbocycles. The van der Waals surface area contributed by atoms with Gasteiger partial charge in [-0.15, -0.1) is 0 Å². The number of hydrogen-bond acceptors (Lipinski definition) is 4. The van der Waals surface area contributed by atoms with Crippen molar-refractivity contribution in [3.05, 3.63) is 0 Å². The van der Waals surface area contributed by atoms with E-state index in [4.69, 9.17) is 9.84 Å². The van der Waals surface area contributed by atoms with Crippen molar-refractivity contribution >= 4 is 17.8 Å². The number of carbonyl (C=O) groups is 3. The van der Waals surface area contributed by atoms with E-state index in [9.17, 15) is 14.4 Å². The fourth-order valence-electron chi connectivity index (χ4n) is 3.11. The molecule has 1 heterocycles. The van der Waals surface area contributed by atoms with Crippen molar-refractivity contribution < 1.29 is 24.2 Å². The number of carbonyl (C=O) groups excluding carboxylic acids is 2. The Morgan fingerprint density at radius 1 is 1.42 bits per heavy atom. The van der Waals surface area contributed by atoms with Gasteiger partial charge in [-0.05, 0) is 12.8 Å². The van der Waals surface area contributed by atoms with Crippen LogP contribution in [-0.2, 0) is 19.1 Å². The Morgan fingerprint density at radius 2 is 2.05 bits per heavy atom. The molecule has 2 rings (SSSR count). The summed E-state index contributed by atoms with van der Waals surface area (Å²) < 4.78 is 5.04. The number of amides is 2. The van der Waals surface area contributed by atoms with Gasteiger partial charge in [0.05, 0.1) is 24.5 Å². The molecule has 106 valence electrons. The summed E-state index contributed by atoms with van der Waals surface area (Å²) in [5.41, 5.74) is -0.501. The van der Waals surface area contributed by atoms with E-state index >= 15 is 0 Å². The predicted octanol–water partition coefficient (Wildman–Crippen LogP) is 0.795. The summed E-state index contributed by atoms with van der Waals surface area (Å²) in [6.45, 7) is 0.0439. The standard InChI is InChI=1S/C13H19NO5/c1-19-9(6-11(16)17)8-14-10(15)7-13(12(14)18)4-2-3-5-13/h9H,2-8H2,1H3,(H,16,17). The molecule has 1 atom stereocenters. The molecule has 0 aromatic rings. The minimum Gasteiger partial charge on any atom is -0.481 e. The number of rotatable bonds is 5. The zero-order chi connectivity index (χ0) is 14.0. The van der Waals surface area contributed by atoms with Gasteiger partial charge >= 0.3 is 5.97 Å². The monoisotopic (exact) mass is 269 g/mol. The Bertz CT molecular complexity index is 400. The predicted molar refractivity (Wildman–Crippen MR) is 65.3 cm³/mol. The number of imide groups is 1. The van der Waals surface area contributed by atoms with Gasteiger partial charge in [-0.1, -0.05) is 12.8 Å². The normalized spacial score (nSPS) is 23.3. The lowest BCUT2D eigenvalue weighted by atomic mass is 9.84. The van der Waals surface area contributed by atoms with E-state index < -0.39 is 17.5 Å². The molecule has 2 amide bonds. The van der Waals surface area contributed by atoms with Gasteiger partial charge in [0.25, 0.3) is 0 Å². The molecule has 2 aliphatic rings. The van der Waals surface area contributed by atoms with E-state index in [1.165, 1.54) is 12.0 Å². The fraction of sp³-hybridized carbons (Fsp3) is 0.769. The molecule has 6 heteroatoms. The molecule has 19 heavy (non-hydrogen) atoms. The third-order valence-corrected chi connectivity index (χ3v) is 4.17. The van der Waals surface area contributed by atoms with E-state index in [0.717, 1.165) is 25.7 Å². The Hall–Kier alpha value is -1.43. The number of aliphatic carboxylic acids is 1. The summed E-state index contributed by atoms with van der Waals surface area (Å²) >= 11 is 0. The van der Waals surface area contributed by atoms with E-state index in [1.54, 1.807) is 0 Å². The van der Waals surface area contributed by atoms with Crippen LogP contribution in [0.2, 0.25) is 0 Å². The molecule has 1 aliphatic heterocycles. The molecular weight excluding hydrogens is 250 g/mol. The first-order chi connectivity index (χ1) is 8.98. The number of hydrogen-bond donors (Lipinski definition) is 1. The van der Waals surface area contributed by atoms with Crippen molar-refractivity contribution in [2.75, 3.05) is 13.7 Å². The first-order valence-electron chi connectivity index (χ1n) is 6.58. The molecule has 1 spiro atoms. The van der Waals surface area contributed by atoms with Crippen molar-refractivity contribution in [2.45, 2.75) is 44.6 Å². The average Bonchev–Trinajstić information content (AvgIpc) is 2.89. The first kappa shape index (κ1) is 14.0. The zero-order valence-electron chi connectivity index (χ0n) is 11.1. The topological polar surface area (TPSA) is 83.9 Å². The Morgan fingerprint density at radius 3 is 2.58 bits per heavy atom. The van der Waals surface area contributed by atoms with Crippen molar-refractivity contribution in [1.29, 1.82) is 0 Å². The maximum atomic E-state index is 12.4. The lowest BCUT2D eigenvalue weighted by molar-refractivity contribution is -0.147. The lowest BCUT2D eigenvalue weighted by Crippen LogP contribution is -2.40. The second-order valence-corrected chi connectivity index (χ2v) is 5.43. The van der Waals surface area contributed by atoms with Crippen LogP contribution < -0.4 is 0 Å². The van der Waals surface area contributed by atoms with Gasteiger partial charge in [0, 0.05) is 13.5 Å². The van der Waals surface area contributed by atoms with Crippen LogP contribution in [0, 0.1) is 5.41 Å². The second-order valence-electron chi connectivity index (χ2n) is 5.43. The van der Waals surface area contributed by atoms with Crippen LogP contribution >= 0.6 is 0 Å². The van der Waals surface area contributed by atoms with Crippen LogP contribution in [0.1, 0.15) is 38.5 Å². The van der Waals surface area contributed by atoms with Crippen LogP contribution in [0.3, 0.4) is 0 Å². The van der Waals surface area contributed by atoms with E-state index in [1.807, 2.05) is 0 Å². The smallest absolute Gasteiger partial charge is 0.306 e. The summed E-state index contributed by atoms with van der Waals surface area (Å²) in [7, 11) is 1.39. The SMILES string of the molecule is COC(CC(=O)O)CN1C(=O)CC2(CCCC2)C1=O. The molecule has 0 aromatic carbocycles. The molecule has 6 nitrogen and oxygen atoms in total. The Kier molecular flexibility index (Phi) is 3.89. The van der Waals surface area contributed by atoms with Crippen LogP contribution in [0.5, 0.6) is 0 Å². The molecule has 2 fully saturated rings. The minimum atomic E-state index is -0.999. The molecule has 1 saturated carbocycles. The van der Waals surface area contributed by atoms with Gasteiger partial charge in [0.2, 0.25) is 11.8 Å². The minimum absolute atomic E-state index is 0.0439. The zero-order valence-corrected chi connectivity index (χ0v) is 11.1. The van der Waals surface area contributed by atoms with E-state index in [0.29, 0.717) is 0 Å². The number of carboxylic acid groups (broad SMARTS) is 1. The van der Waals surface area contributed by atoms with Gasteiger partial charge in [0.15, 0.2) is 0 Å². The molecule has 1 unspecified atom stereocenters. The van der Waals surface area contributed by atoms with Crippen molar-refractivity contribution in [3.63, 3.8) is 0 Å². The summed E-state index contributed by atoms with van der Waals surface area (Å²) in [6, 6.07) is 0. The second kappa shape index (κ2) is 5.28. The third kappa shape index (κ3) is 2.63. The molecule has 0 bridgehead atoms. The van der Waals surface area contributed by atoms with E-state index in [-0.39, 0.29) is 31.2 Å². The third-order valence-electron chi connectivity index (χ3n) is 4.17. The number of nitrogens with zero attached hydrogens (tertiary/aromatic N) is 1. The molecule has 1 N–H and O–H groups in total. The summed E-state index contributed by atoms with van der Waals surface area (Å²) in [4.78, 5) is 36.2. The number of ether oxygens (including phenoxy) is 1. The van der Waals surface area contributed by atoms with Crippen LogP contribution in [0.15, 0.2) is 0 Å². The highest BCUT2D eigenvalue weighted by Crippen LogP contribution is 2.46. The Labute approximate surface area is 111 Å². The van der Waals surface area contributed by atoms with Crippen molar-refractivity contribution in [1.82, 2.24) is 4.90 Å². The van der Waals surface area contributed by atoms with Gasteiger partial charge in [-0.25, -0.2) is 0 Å².